The topological polar surface area (TPSA) is 71.5 Å². The predicted octanol–water partition coefficient (Wildman–Crippen LogP) is 0.925. The minimum Gasteiger partial charge on any atom is -0.398 e. The van der Waals surface area contributed by atoms with Gasteiger partial charge in [0.25, 0.3) is 5.56 Å². The Kier molecular flexibility index (Phi) is 5.54. The van der Waals surface area contributed by atoms with Gasteiger partial charge in [0.1, 0.15) is 0 Å². The number of rotatable bonds is 7. The lowest BCUT2D eigenvalue weighted by atomic mass is 10.2. The first-order chi connectivity index (χ1) is 10.2. The lowest BCUT2D eigenvalue weighted by Crippen LogP contribution is -2.32. The van der Waals surface area contributed by atoms with Gasteiger partial charge in [-0.05, 0) is 11.6 Å². The highest BCUT2D eigenvalue weighted by atomic mass is 16.3. The first-order valence-electron chi connectivity index (χ1n) is 7.02. The van der Waals surface area contributed by atoms with Gasteiger partial charge in [-0.3, -0.25) is 9.69 Å². The molecule has 0 unspecified atom stereocenters. The fourth-order valence-corrected chi connectivity index (χ4v) is 2.23. The molecule has 0 aliphatic carbocycles. The molecule has 1 aromatic carbocycles. The van der Waals surface area contributed by atoms with Crippen molar-refractivity contribution in [2.45, 2.75) is 13.1 Å². The number of hydrogen-bond acceptors (Lipinski definition) is 4. The summed E-state index contributed by atoms with van der Waals surface area (Å²) >= 11 is 0. The molecular formula is C16H21N3O2. The fourth-order valence-electron chi connectivity index (χ4n) is 2.23. The van der Waals surface area contributed by atoms with E-state index in [1.54, 1.807) is 16.8 Å². The van der Waals surface area contributed by atoms with Crippen molar-refractivity contribution in [2.75, 3.05) is 25.4 Å². The molecule has 0 aliphatic rings. The molecule has 1 aromatic heterocycles. The van der Waals surface area contributed by atoms with E-state index < -0.39 is 0 Å². The second kappa shape index (κ2) is 7.61. The molecule has 0 atom stereocenters. The van der Waals surface area contributed by atoms with Crippen molar-refractivity contribution >= 4 is 5.69 Å². The molecular weight excluding hydrogens is 266 g/mol. The van der Waals surface area contributed by atoms with Crippen LogP contribution in [0.25, 0.3) is 0 Å². The van der Waals surface area contributed by atoms with Gasteiger partial charge >= 0.3 is 0 Å². The van der Waals surface area contributed by atoms with Crippen LogP contribution in [0.15, 0.2) is 53.5 Å². The summed E-state index contributed by atoms with van der Waals surface area (Å²) < 4.78 is 1.60. The van der Waals surface area contributed by atoms with Gasteiger partial charge in [0, 0.05) is 44.1 Å². The zero-order valence-electron chi connectivity index (χ0n) is 12.0. The highest BCUT2D eigenvalue weighted by Gasteiger charge is 2.06. The lowest BCUT2D eigenvalue weighted by molar-refractivity contribution is 0.185. The Morgan fingerprint density at radius 1 is 1.10 bits per heavy atom. The molecule has 21 heavy (non-hydrogen) atoms. The number of aliphatic hydroxyl groups excluding tert-OH is 1. The maximum absolute atomic E-state index is 11.7. The molecule has 112 valence electrons. The van der Waals surface area contributed by atoms with Gasteiger partial charge in [0.05, 0.1) is 6.61 Å². The molecule has 2 aromatic rings. The molecule has 5 nitrogen and oxygen atoms in total. The maximum Gasteiger partial charge on any atom is 0.250 e. The Balaban J connectivity index is 1.99. The van der Waals surface area contributed by atoms with E-state index in [0.29, 0.717) is 25.3 Å². The van der Waals surface area contributed by atoms with Gasteiger partial charge in [-0.2, -0.15) is 0 Å². The van der Waals surface area contributed by atoms with E-state index in [1.165, 1.54) is 11.6 Å². The number of nitrogen functional groups attached to an aromatic ring is 1. The summed E-state index contributed by atoms with van der Waals surface area (Å²) in [6, 6.07) is 13.2. The number of aliphatic hydroxyl groups is 1. The Morgan fingerprint density at radius 3 is 2.57 bits per heavy atom. The van der Waals surface area contributed by atoms with E-state index >= 15 is 0 Å². The largest absolute Gasteiger partial charge is 0.398 e. The molecule has 0 bridgehead atoms. The minimum absolute atomic E-state index is 0.0622. The normalized spacial score (nSPS) is 11.0. The summed E-state index contributed by atoms with van der Waals surface area (Å²) in [4.78, 5) is 13.9. The summed E-state index contributed by atoms with van der Waals surface area (Å²) in [5.41, 5.74) is 7.40. The maximum atomic E-state index is 11.7. The van der Waals surface area contributed by atoms with Crippen molar-refractivity contribution in [3.8, 4) is 0 Å². The molecule has 0 saturated heterocycles. The average Bonchev–Trinajstić information content (AvgIpc) is 2.49. The summed E-state index contributed by atoms with van der Waals surface area (Å²) in [5, 5.41) is 9.18. The smallest absolute Gasteiger partial charge is 0.250 e. The third kappa shape index (κ3) is 4.73. The van der Waals surface area contributed by atoms with Gasteiger partial charge in [0.2, 0.25) is 0 Å². The van der Waals surface area contributed by atoms with E-state index in [0.717, 1.165) is 6.54 Å². The number of nitrogens with two attached hydrogens (primary N) is 1. The Hall–Kier alpha value is -2.11. The van der Waals surface area contributed by atoms with Crippen LogP contribution in [0.1, 0.15) is 5.56 Å². The second-order valence-electron chi connectivity index (χ2n) is 4.98. The van der Waals surface area contributed by atoms with Crippen molar-refractivity contribution in [1.29, 1.82) is 0 Å². The fraction of sp³-hybridized carbons (Fsp3) is 0.312. The van der Waals surface area contributed by atoms with Crippen LogP contribution in [0.2, 0.25) is 0 Å². The quantitative estimate of drug-likeness (QED) is 0.794. The van der Waals surface area contributed by atoms with Gasteiger partial charge in [-0.1, -0.05) is 30.3 Å². The standard InChI is InChI=1S/C16H21N3O2/c17-15-6-7-16(21)19(13-15)9-8-18(10-11-20)12-14-4-2-1-3-5-14/h1-7,13,20H,8-12,17H2. The lowest BCUT2D eigenvalue weighted by Gasteiger charge is -2.22. The predicted molar refractivity (Wildman–Crippen MR) is 83.9 cm³/mol. The molecule has 0 fully saturated rings. The number of hydrogen-bond donors (Lipinski definition) is 2. The number of benzene rings is 1. The van der Waals surface area contributed by atoms with Crippen LogP contribution in [0, 0.1) is 0 Å². The third-order valence-corrected chi connectivity index (χ3v) is 3.33. The molecule has 0 saturated carbocycles. The van der Waals surface area contributed by atoms with E-state index in [2.05, 4.69) is 17.0 Å². The van der Waals surface area contributed by atoms with Crippen LogP contribution in [-0.2, 0) is 13.1 Å². The van der Waals surface area contributed by atoms with Crippen molar-refractivity contribution in [1.82, 2.24) is 9.47 Å². The van der Waals surface area contributed by atoms with E-state index in [9.17, 15) is 9.90 Å². The van der Waals surface area contributed by atoms with E-state index in [4.69, 9.17) is 5.73 Å². The number of anilines is 1. The Morgan fingerprint density at radius 2 is 1.86 bits per heavy atom. The highest BCUT2D eigenvalue weighted by molar-refractivity contribution is 5.33. The average molecular weight is 287 g/mol. The molecule has 0 amide bonds. The first-order valence-corrected chi connectivity index (χ1v) is 7.02. The van der Waals surface area contributed by atoms with Crippen LogP contribution < -0.4 is 11.3 Å². The van der Waals surface area contributed by atoms with Crippen molar-refractivity contribution in [3.05, 3.63) is 64.6 Å². The van der Waals surface area contributed by atoms with Gasteiger partial charge in [-0.15, -0.1) is 0 Å². The Bertz CT molecular complexity index is 610. The zero-order chi connectivity index (χ0) is 15.1. The molecule has 5 heteroatoms. The summed E-state index contributed by atoms with van der Waals surface area (Å²) in [6.45, 7) is 2.65. The molecule has 1 heterocycles. The monoisotopic (exact) mass is 287 g/mol. The van der Waals surface area contributed by atoms with E-state index in [-0.39, 0.29) is 12.2 Å². The zero-order valence-corrected chi connectivity index (χ0v) is 12.0. The Labute approximate surface area is 124 Å². The molecule has 0 aliphatic heterocycles. The molecule has 3 N–H and O–H groups in total. The van der Waals surface area contributed by atoms with Crippen LogP contribution in [0.5, 0.6) is 0 Å². The van der Waals surface area contributed by atoms with E-state index in [1.807, 2.05) is 18.2 Å². The van der Waals surface area contributed by atoms with Gasteiger partial charge in [-0.25, -0.2) is 0 Å². The first kappa shape index (κ1) is 15.3. The van der Waals surface area contributed by atoms with Gasteiger partial charge in [0.15, 0.2) is 0 Å². The second-order valence-corrected chi connectivity index (χ2v) is 4.98. The SMILES string of the molecule is Nc1ccc(=O)n(CCN(CCO)Cc2ccccc2)c1. The number of pyridine rings is 1. The molecule has 0 spiro atoms. The minimum atomic E-state index is -0.0622. The van der Waals surface area contributed by atoms with Crippen LogP contribution in [-0.4, -0.2) is 34.3 Å². The highest BCUT2D eigenvalue weighted by Crippen LogP contribution is 2.04. The van der Waals surface area contributed by atoms with Crippen molar-refractivity contribution in [2.24, 2.45) is 0 Å². The van der Waals surface area contributed by atoms with Crippen molar-refractivity contribution in [3.63, 3.8) is 0 Å². The van der Waals surface area contributed by atoms with Crippen LogP contribution >= 0.6 is 0 Å². The van der Waals surface area contributed by atoms with Crippen molar-refractivity contribution < 1.29 is 5.11 Å². The molecule has 0 radical (unpaired) electrons. The van der Waals surface area contributed by atoms with Crippen LogP contribution in [0.4, 0.5) is 5.69 Å². The summed E-state index contributed by atoms with van der Waals surface area (Å²) in [5.74, 6) is 0. The summed E-state index contributed by atoms with van der Waals surface area (Å²) in [6.07, 6.45) is 1.65. The number of aromatic nitrogens is 1. The number of nitrogens with zero attached hydrogens (tertiary/aromatic N) is 2. The summed E-state index contributed by atoms with van der Waals surface area (Å²) in [7, 11) is 0. The molecule has 2 rings (SSSR count). The van der Waals surface area contributed by atoms with Gasteiger partial charge < -0.3 is 15.4 Å². The third-order valence-electron chi connectivity index (χ3n) is 3.33. The van der Waals surface area contributed by atoms with Crippen LogP contribution in [0.3, 0.4) is 0 Å².